The van der Waals surface area contributed by atoms with Gasteiger partial charge in [0, 0.05) is 5.56 Å². The van der Waals surface area contributed by atoms with Gasteiger partial charge in [-0.1, -0.05) is 41.6 Å². The lowest BCUT2D eigenvalue weighted by atomic mass is 10.1. The van der Waals surface area contributed by atoms with Crippen LogP contribution in [0.4, 0.5) is 0 Å². The number of hydrazine groups is 1. The molecule has 0 aliphatic carbocycles. The van der Waals surface area contributed by atoms with Crippen LogP contribution < -0.4 is 11.3 Å². The molecule has 1 amide bonds. The second-order valence-corrected chi connectivity index (χ2v) is 6.14. The lowest BCUT2D eigenvalue weighted by Gasteiger charge is -2.09. The van der Waals surface area contributed by atoms with E-state index in [1.807, 2.05) is 47.9 Å². The number of nitrogens with zero attached hydrogens (tertiary/aromatic N) is 3. The summed E-state index contributed by atoms with van der Waals surface area (Å²) in [5, 5.41) is 9.13. The molecule has 124 valence electrons. The van der Waals surface area contributed by atoms with Gasteiger partial charge in [-0.05, 0) is 19.1 Å². The summed E-state index contributed by atoms with van der Waals surface area (Å²) in [6.07, 6.45) is 1.62. The number of hydrogen-bond donors (Lipinski definition) is 2. The normalized spacial score (nSPS) is 10.8. The number of nitrogens with one attached hydrogen (secondary N) is 1. The second kappa shape index (κ2) is 7.33. The Bertz CT molecular complexity index is 812. The van der Waals surface area contributed by atoms with Crippen LogP contribution in [-0.4, -0.2) is 26.4 Å². The summed E-state index contributed by atoms with van der Waals surface area (Å²) in [7, 11) is 0. The number of nitrogens with two attached hydrogens (primary N) is 1. The van der Waals surface area contributed by atoms with Gasteiger partial charge in [0.15, 0.2) is 11.0 Å². The van der Waals surface area contributed by atoms with E-state index >= 15 is 0 Å². The summed E-state index contributed by atoms with van der Waals surface area (Å²) in [5.74, 6) is 6.53. The number of amides is 1. The Morgan fingerprint density at radius 1 is 1.29 bits per heavy atom. The van der Waals surface area contributed by atoms with E-state index in [2.05, 4.69) is 15.6 Å². The monoisotopic (exact) mass is 343 g/mol. The summed E-state index contributed by atoms with van der Waals surface area (Å²) < 4.78 is 7.36. The minimum Gasteiger partial charge on any atom is -0.467 e. The van der Waals surface area contributed by atoms with Gasteiger partial charge in [0.1, 0.15) is 5.76 Å². The van der Waals surface area contributed by atoms with Crippen LogP contribution in [0.5, 0.6) is 0 Å². The molecule has 3 rings (SSSR count). The van der Waals surface area contributed by atoms with E-state index in [1.54, 1.807) is 6.26 Å². The molecule has 0 saturated carbocycles. The predicted molar refractivity (Wildman–Crippen MR) is 91.1 cm³/mol. The minimum absolute atomic E-state index is 0.167. The van der Waals surface area contributed by atoms with Crippen molar-refractivity contribution in [2.24, 2.45) is 5.84 Å². The molecule has 3 N–H and O–H groups in total. The molecule has 1 aromatic carbocycles. The Morgan fingerprint density at radius 3 is 2.75 bits per heavy atom. The Hall–Kier alpha value is -2.58. The van der Waals surface area contributed by atoms with Crippen LogP contribution in [0.25, 0.3) is 11.4 Å². The van der Waals surface area contributed by atoms with Crippen molar-refractivity contribution < 1.29 is 9.21 Å². The zero-order valence-corrected chi connectivity index (χ0v) is 13.9. The number of aryl methyl sites for hydroxylation is 1. The van der Waals surface area contributed by atoms with Crippen LogP contribution in [0, 0.1) is 6.92 Å². The van der Waals surface area contributed by atoms with Gasteiger partial charge in [-0.15, -0.1) is 10.2 Å². The molecular weight excluding hydrogens is 326 g/mol. The maximum Gasteiger partial charge on any atom is 0.244 e. The first kappa shape index (κ1) is 16.3. The summed E-state index contributed by atoms with van der Waals surface area (Å²) in [6.45, 7) is 2.51. The molecule has 0 spiro atoms. The molecule has 0 bridgehead atoms. The number of rotatable bonds is 6. The SMILES string of the molecule is Cc1ccc(-c2nnc(SCC(=O)NN)n2Cc2ccco2)cc1. The quantitative estimate of drug-likeness (QED) is 0.307. The van der Waals surface area contributed by atoms with Gasteiger partial charge in [0.25, 0.3) is 0 Å². The van der Waals surface area contributed by atoms with Crippen molar-refractivity contribution in [3.8, 4) is 11.4 Å². The molecule has 0 aliphatic heterocycles. The average molecular weight is 343 g/mol. The summed E-state index contributed by atoms with van der Waals surface area (Å²) >= 11 is 1.28. The van der Waals surface area contributed by atoms with Crippen molar-refractivity contribution in [3.05, 3.63) is 54.0 Å². The Kier molecular flexibility index (Phi) is 4.97. The number of aromatic nitrogens is 3. The minimum atomic E-state index is -0.274. The second-order valence-electron chi connectivity index (χ2n) is 5.19. The highest BCUT2D eigenvalue weighted by Gasteiger charge is 2.16. The Labute approximate surface area is 143 Å². The molecule has 0 unspecified atom stereocenters. The molecule has 8 heteroatoms. The van der Waals surface area contributed by atoms with Crippen LogP contribution in [-0.2, 0) is 11.3 Å². The van der Waals surface area contributed by atoms with E-state index in [9.17, 15) is 4.79 Å². The molecule has 2 aromatic heterocycles. The number of thioether (sulfide) groups is 1. The van der Waals surface area contributed by atoms with Gasteiger partial charge in [-0.3, -0.25) is 14.8 Å². The first-order valence-electron chi connectivity index (χ1n) is 7.32. The fourth-order valence-corrected chi connectivity index (χ4v) is 2.93. The van der Waals surface area contributed by atoms with Crippen molar-refractivity contribution in [2.45, 2.75) is 18.6 Å². The van der Waals surface area contributed by atoms with Gasteiger partial charge < -0.3 is 4.42 Å². The molecule has 0 radical (unpaired) electrons. The third-order valence-corrected chi connectivity index (χ3v) is 4.38. The fraction of sp³-hybridized carbons (Fsp3) is 0.188. The highest BCUT2D eigenvalue weighted by atomic mass is 32.2. The molecule has 0 atom stereocenters. The van der Waals surface area contributed by atoms with Crippen molar-refractivity contribution in [1.82, 2.24) is 20.2 Å². The van der Waals surface area contributed by atoms with Crippen molar-refractivity contribution >= 4 is 17.7 Å². The maximum absolute atomic E-state index is 11.4. The van der Waals surface area contributed by atoms with Crippen LogP contribution in [0.15, 0.2) is 52.2 Å². The zero-order valence-electron chi connectivity index (χ0n) is 13.1. The first-order valence-corrected chi connectivity index (χ1v) is 8.31. The van der Waals surface area contributed by atoms with Crippen LogP contribution >= 0.6 is 11.8 Å². The maximum atomic E-state index is 11.4. The number of carbonyl (C=O) groups excluding carboxylic acids is 1. The molecule has 7 nitrogen and oxygen atoms in total. The molecule has 0 aliphatic rings. The predicted octanol–water partition coefficient (Wildman–Crippen LogP) is 1.98. The third kappa shape index (κ3) is 3.66. The largest absolute Gasteiger partial charge is 0.467 e. The van der Waals surface area contributed by atoms with Gasteiger partial charge in [0.2, 0.25) is 5.91 Å². The van der Waals surface area contributed by atoms with Crippen LogP contribution in [0.1, 0.15) is 11.3 Å². The third-order valence-electron chi connectivity index (χ3n) is 3.41. The van der Waals surface area contributed by atoms with E-state index in [0.717, 1.165) is 17.1 Å². The molecule has 2 heterocycles. The van der Waals surface area contributed by atoms with Gasteiger partial charge in [0.05, 0.1) is 18.6 Å². The highest BCUT2D eigenvalue weighted by Crippen LogP contribution is 2.25. The summed E-state index contributed by atoms with van der Waals surface area (Å²) in [5.41, 5.74) is 4.23. The number of carbonyl (C=O) groups is 1. The average Bonchev–Trinajstić information content (AvgIpc) is 3.24. The number of hydrogen-bond acceptors (Lipinski definition) is 6. The van der Waals surface area contributed by atoms with Crippen LogP contribution in [0.2, 0.25) is 0 Å². The van der Waals surface area contributed by atoms with Crippen molar-refractivity contribution in [2.75, 3.05) is 5.75 Å². The Morgan fingerprint density at radius 2 is 2.08 bits per heavy atom. The molecule has 3 aromatic rings. The van der Waals surface area contributed by atoms with Crippen molar-refractivity contribution in [3.63, 3.8) is 0 Å². The lowest BCUT2D eigenvalue weighted by molar-refractivity contribution is -0.118. The standard InChI is InChI=1S/C16H17N5O2S/c1-11-4-6-12(7-5-11)15-19-20-16(24-10-14(22)18-17)21(15)9-13-3-2-8-23-13/h2-8H,9-10,17H2,1H3,(H,18,22). The fourth-order valence-electron chi connectivity index (χ4n) is 2.18. The smallest absolute Gasteiger partial charge is 0.244 e. The van der Waals surface area contributed by atoms with Crippen molar-refractivity contribution in [1.29, 1.82) is 0 Å². The lowest BCUT2D eigenvalue weighted by Crippen LogP contribution is -2.31. The molecular formula is C16H17N5O2S. The Balaban J connectivity index is 1.93. The van der Waals surface area contributed by atoms with Gasteiger partial charge in [-0.2, -0.15) is 0 Å². The first-order chi connectivity index (χ1) is 11.7. The molecule has 24 heavy (non-hydrogen) atoms. The molecule has 0 saturated heterocycles. The van der Waals surface area contributed by atoms with E-state index in [-0.39, 0.29) is 11.7 Å². The van der Waals surface area contributed by atoms with E-state index in [4.69, 9.17) is 10.3 Å². The number of benzene rings is 1. The topological polar surface area (TPSA) is 99.0 Å². The van der Waals surface area contributed by atoms with E-state index in [0.29, 0.717) is 11.7 Å². The van der Waals surface area contributed by atoms with Gasteiger partial charge >= 0.3 is 0 Å². The summed E-state index contributed by atoms with van der Waals surface area (Å²) in [4.78, 5) is 11.4. The highest BCUT2D eigenvalue weighted by molar-refractivity contribution is 7.99. The van der Waals surface area contributed by atoms with E-state index < -0.39 is 0 Å². The summed E-state index contributed by atoms with van der Waals surface area (Å²) in [6, 6.07) is 11.8. The molecule has 0 fully saturated rings. The number of furan rings is 1. The van der Waals surface area contributed by atoms with Gasteiger partial charge in [-0.25, -0.2) is 5.84 Å². The van der Waals surface area contributed by atoms with Crippen LogP contribution in [0.3, 0.4) is 0 Å². The van der Waals surface area contributed by atoms with E-state index in [1.165, 1.54) is 17.3 Å². The zero-order chi connectivity index (χ0) is 16.9.